The summed E-state index contributed by atoms with van der Waals surface area (Å²) >= 11 is 0. The summed E-state index contributed by atoms with van der Waals surface area (Å²) in [4.78, 5) is 12.7. The maximum absolute atomic E-state index is 11.6. The molecule has 0 aromatic heterocycles. The fraction of sp³-hybridized carbons (Fsp3) is 0.600. The molecule has 0 atom stereocenters. The summed E-state index contributed by atoms with van der Waals surface area (Å²) in [6, 6.07) is 4.04. The van der Waals surface area contributed by atoms with E-state index in [0.717, 1.165) is 12.3 Å². The van der Waals surface area contributed by atoms with Crippen molar-refractivity contribution in [2.24, 2.45) is 0 Å². The van der Waals surface area contributed by atoms with Crippen LogP contribution in [0.5, 0.6) is 0 Å². The van der Waals surface area contributed by atoms with Gasteiger partial charge in [-0.2, -0.15) is 0 Å². The van der Waals surface area contributed by atoms with Crippen molar-refractivity contribution in [3.63, 3.8) is 0 Å². The molecule has 0 amide bonds. The zero-order valence-corrected chi connectivity index (χ0v) is 14.8. The van der Waals surface area contributed by atoms with Crippen molar-refractivity contribution in [2.45, 2.75) is 43.8 Å². The van der Waals surface area contributed by atoms with Gasteiger partial charge >= 0.3 is 0 Å². The normalized spacial score (nSPS) is 20.3. The van der Waals surface area contributed by atoms with Gasteiger partial charge in [0, 0.05) is 25.4 Å². The van der Waals surface area contributed by atoms with Crippen molar-refractivity contribution in [1.29, 1.82) is 0 Å². The number of nitrogens with zero attached hydrogens (tertiary/aromatic N) is 2. The van der Waals surface area contributed by atoms with Crippen molar-refractivity contribution in [3.05, 3.63) is 28.3 Å². The molecule has 0 N–H and O–H groups in total. The van der Waals surface area contributed by atoms with Crippen LogP contribution in [0.25, 0.3) is 0 Å². The summed E-state index contributed by atoms with van der Waals surface area (Å²) in [6.45, 7) is 8.68. The van der Waals surface area contributed by atoms with E-state index < -0.39 is 26.0 Å². The standard InChI is InChI=1S/C15H22N2O5S/c1-14(2)9-16(10-15(3,4)22-14)12-7-6-11(23(5,20)21)8-13(12)17(18)19/h6-8H,9-10H2,1-5H3. The molecule has 8 heteroatoms. The quantitative estimate of drug-likeness (QED) is 0.619. The van der Waals surface area contributed by atoms with E-state index in [2.05, 4.69) is 0 Å². The van der Waals surface area contributed by atoms with Gasteiger partial charge in [-0.25, -0.2) is 8.42 Å². The van der Waals surface area contributed by atoms with E-state index in [4.69, 9.17) is 4.74 Å². The van der Waals surface area contributed by atoms with E-state index >= 15 is 0 Å². The molecule has 0 saturated carbocycles. The third kappa shape index (κ3) is 4.00. The molecule has 0 aliphatic carbocycles. The third-order valence-electron chi connectivity index (χ3n) is 3.61. The Balaban J connectivity index is 2.52. The number of ether oxygens (including phenoxy) is 1. The highest BCUT2D eigenvalue weighted by molar-refractivity contribution is 7.90. The van der Waals surface area contributed by atoms with Crippen LogP contribution < -0.4 is 4.90 Å². The number of sulfone groups is 1. The van der Waals surface area contributed by atoms with Crippen molar-refractivity contribution < 1.29 is 18.1 Å². The highest BCUT2D eigenvalue weighted by Crippen LogP contribution is 2.37. The Morgan fingerprint density at radius 1 is 1.17 bits per heavy atom. The van der Waals surface area contributed by atoms with Crippen LogP contribution >= 0.6 is 0 Å². The molecule has 2 rings (SSSR count). The monoisotopic (exact) mass is 342 g/mol. The lowest BCUT2D eigenvalue weighted by Crippen LogP contribution is -2.57. The van der Waals surface area contributed by atoms with Crippen molar-refractivity contribution in [1.82, 2.24) is 0 Å². The van der Waals surface area contributed by atoms with Gasteiger partial charge in [-0.3, -0.25) is 10.1 Å². The molecule has 1 aliphatic rings. The molecule has 7 nitrogen and oxygen atoms in total. The SMILES string of the molecule is CC1(C)CN(c2ccc(S(C)(=O)=O)cc2[N+](=O)[O-])CC(C)(C)O1. The Hall–Kier alpha value is -1.67. The Morgan fingerprint density at radius 2 is 1.70 bits per heavy atom. The van der Waals surface area contributed by atoms with Crippen LogP contribution in [0.3, 0.4) is 0 Å². The van der Waals surface area contributed by atoms with Crippen LogP contribution in [0, 0.1) is 10.1 Å². The summed E-state index contributed by atoms with van der Waals surface area (Å²) in [7, 11) is -3.50. The largest absolute Gasteiger partial charge is 0.366 e. The van der Waals surface area contributed by atoms with Gasteiger partial charge in [-0.05, 0) is 39.8 Å². The second kappa shape index (κ2) is 5.45. The van der Waals surface area contributed by atoms with Gasteiger partial charge in [0.05, 0.1) is 21.0 Å². The zero-order valence-electron chi connectivity index (χ0n) is 14.0. The topological polar surface area (TPSA) is 89.8 Å². The molecule has 1 fully saturated rings. The molecular weight excluding hydrogens is 320 g/mol. The summed E-state index contributed by atoms with van der Waals surface area (Å²) in [5.74, 6) is 0. The van der Waals surface area contributed by atoms with Gasteiger partial charge in [0.2, 0.25) is 0 Å². The number of hydrogen-bond acceptors (Lipinski definition) is 6. The molecule has 0 unspecified atom stereocenters. The number of hydrogen-bond donors (Lipinski definition) is 0. The summed E-state index contributed by atoms with van der Waals surface area (Å²) < 4.78 is 29.3. The maximum Gasteiger partial charge on any atom is 0.293 e. The number of nitro groups is 1. The van der Waals surface area contributed by atoms with Crippen LogP contribution in [0.15, 0.2) is 23.1 Å². The first kappa shape index (κ1) is 17.7. The fourth-order valence-corrected chi connectivity index (χ4v) is 3.75. The molecule has 1 aliphatic heterocycles. The minimum absolute atomic E-state index is 0.0558. The molecule has 1 heterocycles. The average molecular weight is 342 g/mol. The van der Waals surface area contributed by atoms with E-state index in [1.807, 2.05) is 32.6 Å². The van der Waals surface area contributed by atoms with E-state index in [0.29, 0.717) is 18.8 Å². The van der Waals surface area contributed by atoms with Gasteiger partial charge in [-0.1, -0.05) is 0 Å². The number of anilines is 1. The molecule has 0 radical (unpaired) electrons. The minimum Gasteiger partial charge on any atom is -0.366 e. The van der Waals surface area contributed by atoms with Crippen LogP contribution in [0.1, 0.15) is 27.7 Å². The lowest BCUT2D eigenvalue weighted by atomic mass is 9.98. The van der Waals surface area contributed by atoms with Crippen molar-refractivity contribution in [2.75, 3.05) is 24.2 Å². The highest BCUT2D eigenvalue weighted by atomic mass is 32.2. The lowest BCUT2D eigenvalue weighted by molar-refractivity contribution is -0.384. The zero-order chi connectivity index (χ0) is 17.6. The van der Waals surface area contributed by atoms with E-state index in [1.165, 1.54) is 12.1 Å². The summed E-state index contributed by atoms with van der Waals surface area (Å²) in [5, 5.41) is 11.4. The van der Waals surface area contributed by atoms with Crippen LogP contribution in [0.2, 0.25) is 0 Å². The number of benzene rings is 1. The maximum atomic E-state index is 11.6. The average Bonchev–Trinajstić information content (AvgIpc) is 2.33. The first-order valence-corrected chi connectivity index (χ1v) is 9.14. The Labute approximate surface area is 136 Å². The minimum atomic E-state index is -3.50. The van der Waals surface area contributed by atoms with Gasteiger partial charge in [-0.15, -0.1) is 0 Å². The Bertz CT molecular complexity index is 724. The highest BCUT2D eigenvalue weighted by Gasteiger charge is 2.40. The van der Waals surface area contributed by atoms with Crippen molar-refractivity contribution in [3.8, 4) is 0 Å². The lowest BCUT2D eigenvalue weighted by Gasteiger charge is -2.47. The molecule has 0 bridgehead atoms. The molecule has 1 aromatic rings. The van der Waals surface area contributed by atoms with E-state index in [-0.39, 0.29) is 10.6 Å². The second-order valence-corrected chi connectivity index (χ2v) is 9.17. The number of nitro benzene ring substituents is 1. The van der Waals surface area contributed by atoms with Crippen LogP contribution in [-0.4, -0.2) is 43.9 Å². The van der Waals surface area contributed by atoms with Gasteiger partial charge < -0.3 is 9.64 Å². The first-order chi connectivity index (χ1) is 10.3. The predicted molar refractivity (Wildman–Crippen MR) is 87.7 cm³/mol. The Kier molecular flexibility index (Phi) is 4.19. The van der Waals surface area contributed by atoms with E-state index in [1.54, 1.807) is 0 Å². The molecule has 1 saturated heterocycles. The second-order valence-electron chi connectivity index (χ2n) is 7.16. The molecule has 0 spiro atoms. The smallest absolute Gasteiger partial charge is 0.293 e. The molecule has 23 heavy (non-hydrogen) atoms. The number of rotatable bonds is 3. The molecule has 1 aromatic carbocycles. The van der Waals surface area contributed by atoms with Crippen LogP contribution in [-0.2, 0) is 14.6 Å². The van der Waals surface area contributed by atoms with Gasteiger partial charge in [0.1, 0.15) is 5.69 Å². The van der Waals surface area contributed by atoms with Gasteiger partial charge in [0.25, 0.3) is 5.69 Å². The predicted octanol–water partition coefficient (Wildman–Crippen LogP) is 2.39. The fourth-order valence-electron chi connectivity index (χ4n) is 3.11. The molecular formula is C15H22N2O5S. The number of morpholine rings is 1. The first-order valence-electron chi connectivity index (χ1n) is 7.24. The molecule has 128 valence electrons. The third-order valence-corrected chi connectivity index (χ3v) is 4.72. The summed E-state index contributed by atoms with van der Waals surface area (Å²) in [5.41, 5.74) is -0.732. The van der Waals surface area contributed by atoms with Crippen molar-refractivity contribution >= 4 is 21.2 Å². The Morgan fingerprint density at radius 3 is 2.13 bits per heavy atom. The van der Waals surface area contributed by atoms with E-state index in [9.17, 15) is 18.5 Å². The van der Waals surface area contributed by atoms with Crippen LogP contribution in [0.4, 0.5) is 11.4 Å². The van der Waals surface area contributed by atoms with Gasteiger partial charge in [0.15, 0.2) is 9.84 Å². The summed E-state index contributed by atoms with van der Waals surface area (Å²) in [6.07, 6.45) is 1.03.